The summed E-state index contributed by atoms with van der Waals surface area (Å²) in [5, 5.41) is 13.9. The van der Waals surface area contributed by atoms with Crippen molar-refractivity contribution in [3.8, 4) is 0 Å². The van der Waals surface area contributed by atoms with E-state index in [1.807, 2.05) is 67.6 Å². The van der Waals surface area contributed by atoms with E-state index in [0.717, 1.165) is 18.4 Å². The van der Waals surface area contributed by atoms with E-state index in [1.165, 1.54) is 4.90 Å². The number of esters is 1. The number of ether oxygens (including phenoxy) is 2. The third-order valence-electron chi connectivity index (χ3n) is 10.3. The summed E-state index contributed by atoms with van der Waals surface area (Å²) >= 11 is 0. The fourth-order valence-electron chi connectivity index (χ4n) is 8.04. The lowest BCUT2D eigenvalue weighted by Gasteiger charge is -2.41. The normalized spacial score (nSPS) is 25.6. The number of likely N-dealkylation sites (tertiary alicyclic amines) is 1. The number of carbonyl (C=O) groups is 4. The first kappa shape index (κ1) is 36.0. The van der Waals surface area contributed by atoms with Crippen LogP contribution in [0.2, 0.25) is 0 Å². The maximum atomic E-state index is 14.8. The molecule has 0 radical (unpaired) electrons. The Balaban J connectivity index is 1.51. The lowest BCUT2D eigenvalue weighted by Crippen LogP contribution is -2.58. The lowest BCUT2D eigenvalue weighted by molar-refractivity contribution is -0.152. The predicted octanol–water partition coefficient (Wildman–Crippen LogP) is 4.66. The van der Waals surface area contributed by atoms with Crippen molar-refractivity contribution in [2.75, 3.05) is 19.8 Å². The van der Waals surface area contributed by atoms with E-state index >= 15 is 0 Å². The van der Waals surface area contributed by atoms with Gasteiger partial charge in [-0.1, -0.05) is 86.2 Å². The van der Waals surface area contributed by atoms with Crippen molar-refractivity contribution < 1.29 is 33.8 Å². The number of allylic oxidation sites excluding steroid dienone is 1. The highest BCUT2D eigenvalue weighted by Crippen LogP contribution is 2.60. The highest BCUT2D eigenvalue weighted by atomic mass is 16.5. The molecule has 2 N–H and O–H groups in total. The van der Waals surface area contributed by atoms with Crippen molar-refractivity contribution in [2.45, 2.75) is 88.2 Å². The number of aliphatic hydroxyl groups excluding tert-OH is 1. The zero-order chi connectivity index (χ0) is 35.1. The largest absolute Gasteiger partial charge is 0.463 e. The fourth-order valence-corrected chi connectivity index (χ4v) is 8.04. The summed E-state index contributed by atoms with van der Waals surface area (Å²) in [6.07, 6.45) is 5.92. The second kappa shape index (κ2) is 16.0. The summed E-state index contributed by atoms with van der Waals surface area (Å²) in [4.78, 5) is 59.6. The Morgan fingerprint density at radius 3 is 2.39 bits per heavy atom. The van der Waals surface area contributed by atoms with Gasteiger partial charge in [0.1, 0.15) is 18.2 Å². The van der Waals surface area contributed by atoms with E-state index in [9.17, 15) is 24.3 Å². The molecule has 0 aromatic heterocycles. The molecule has 3 saturated heterocycles. The monoisotopic (exact) mass is 671 g/mol. The van der Waals surface area contributed by atoms with E-state index in [4.69, 9.17) is 9.47 Å². The minimum absolute atomic E-state index is 0.0899. The maximum Gasteiger partial charge on any atom is 0.306 e. The van der Waals surface area contributed by atoms with Crippen LogP contribution in [0.15, 0.2) is 86.0 Å². The quantitative estimate of drug-likeness (QED) is 0.185. The molecule has 3 aliphatic heterocycles. The van der Waals surface area contributed by atoms with Gasteiger partial charge in [0, 0.05) is 19.0 Å². The Morgan fingerprint density at radius 1 is 1.10 bits per heavy atom. The van der Waals surface area contributed by atoms with Gasteiger partial charge in [0.05, 0.1) is 36.6 Å². The van der Waals surface area contributed by atoms with E-state index in [1.54, 1.807) is 17.1 Å². The summed E-state index contributed by atoms with van der Waals surface area (Å²) in [7, 11) is 0. The average molecular weight is 672 g/mol. The molecule has 0 aliphatic carbocycles. The summed E-state index contributed by atoms with van der Waals surface area (Å²) in [6.45, 7) is 11.4. The molecule has 2 aromatic rings. The molecule has 1 unspecified atom stereocenters. The van der Waals surface area contributed by atoms with Gasteiger partial charge < -0.3 is 29.7 Å². The van der Waals surface area contributed by atoms with Crippen LogP contribution in [-0.2, 0) is 28.7 Å². The fraction of sp³-hybridized carbons (Fsp3) is 0.487. The van der Waals surface area contributed by atoms with Gasteiger partial charge in [0.2, 0.25) is 17.7 Å². The molecule has 10 nitrogen and oxygen atoms in total. The van der Waals surface area contributed by atoms with Crippen LogP contribution >= 0.6 is 0 Å². The highest BCUT2D eigenvalue weighted by Gasteiger charge is 2.75. The second-order valence-electron chi connectivity index (χ2n) is 13.3. The number of rotatable bonds is 17. The van der Waals surface area contributed by atoms with Crippen molar-refractivity contribution in [3.05, 3.63) is 97.1 Å². The van der Waals surface area contributed by atoms with Crippen LogP contribution in [0, 0.1) is 11.8 Å². The Hall–Kier alpha value is -4.28. The minimum atomic E-state index is -1.26. The van der Waals surface area contributed by atoms with Crippen molar-refractivity contribution in [2.24, 2.45) is 11.8 Å². The number of hydrogen-bond donors (Lipinski definition) is 2. The molecule has 5 rings (SSSR count). The molecule has 1 spiro atoms. The number of hydrogen-bond acceptors (Lipinski definition) is 7. The van der Waals surface area contributed by atoms with Crippen molar-refractivity contribution >= 4 is 23.7 Å². The molecule has 3 amide bonds. The zero-order valence-corrected chi connectivity index (χ0v) is 28.5. The maximum absolute atomic E-state index is 14.8. The lowest BCUT2D eigenvalue weighted by atomic mass is 9.70. The molecule has 3 fully saturated rings. The number of carbonyl (C=O) groups excluding carboxylic acids is 4. The van der Waals surface area contributed by atoms with E-state index in [0.29, 0.717) is 24.8 Å². The molecular weight excluding hydrogens is 622 g/mol. The number of amides is 3. The first-order chi connectivity index (χ1) is 23.7. The Morgan fingerprint density at radius 2 is 1.78 bits per heavy atom. The molecule has 0 saturated carbocycles. The van der Waals surface area contributed by atoms with Crippen LogP contribution < -0.4 is 5.32 Å². The van der Waals surface area contributed by atoms with Gasteiger partial charge in [-0.05, 0) is 43.7 Å². The van der Waals surface area contributed by atoms with Gasteiger partial charge >= 0.3 is 5.97 Å². The average Bonchev–Trinajstić information content (AvgIpc) is 3.76. The third kappa shape index (κ3) is 7.07. The summed E-state index contributed by atoms with van der Waals surface area (Å²) in [5.41, 5.74) is 0.170. The van der Waals surface area contributed by atoms with Crippen molar-refractivity contribution in [1.82, 2.24) is 15.1 Å². The summed E-state index contributed by atoms with van der Waals surface area (Å²) < 4.78 is 12.3. The molecule has 49 heavy (non-hydrogen) atoms. The standard InChI is InChI=1S/C39H49N3O7/c1-5-8-20-32(44)48-25-29(27-16-11-9-12-17-27)40-36(45)33-31-21-22-39(49-31)34(33)37(46)42(30(24-43)28-18-13-10-14-19-28)35(39)38(47)41(23-7-3)26(4)15-6-2/h5,7,9-14,16-19,26,29-31,33-35,43H,1,3,6,8,15,20-25H2,2,4H3,(H,40,45)/t26?,29-,30-,31-,33+,34+,35-,39+/m1/s1. The second-order valence-corrected chi connectivity index (χ2v) is 13.3. The van der Waals surface area contributed by atoms with Crippen LogP contribution in [0.3, 0.4) is 0 Å². The van der Waals surface area contributed by atoms with Gasteiger partial charge in [0.15, 0.2) is 0 Å². The van der Waals surface area contributed by atoms with E-state index in [2.05, 4.69) is 25.4 Å². The molecule has 3 aliphatic rings. The summed E-state index contributed by atoms with van der Waals surface area (Å²) in [6, 6.07) is 15.7. The molecule has 2 bridgehead atoms. The number of nitrogens with zero attached hydrogens (tertiary/aromatic N) is 2. The molecule has 2 aromatic carbocycles. The van der Waals surface area contributed by atoms with Crippen LogP contribution in [0.5, 0.6) is 0 Å². The zero-order valence-electron chi connectivity index (χ0n) is 28.5. The SMILES string of the molecule is C=CCCC(=O)OC[C@@H](NC(=O)[C@@H]1[C@H]2C(=O)N([C@H](CO)c3ccccc3)[C@H](C(=O)N(CC=C)C(C)CCC)[C@]23CC[C@H]1O3)c1ccccc1. The summed E-state index contributed by atoms with van der Waals surface area (Å²) in [5.74, 6) is -3.32. The third-order valence-corrected chi connectivity index (χ3v) is 10.3. The minimum Gasteiger partial charge on any atom is -0.463 e. The molecule has 8 atom stereocenters. The van der Waals surface area contributed by atoms with Crippen LogP contribution in [-0.4, -0.2) is 82.1 Å². The smallest absolute Gasteiger partial charge is 0.306 e. The molecule has 262 valence electrons. The van der Waals surface area contributed by atoms with Gasteiger partial charge in [-0.25, -0.2) is 0 Å². The Labute approximate surface area is 289 Å². The van der Waals surface area contributed by atoms with Gasteiger partial charge in [-0.3, -0.25) is 19.2 Å². The Kier molecular flexibility index (Phi) is 11.7. The Bertz CT molecular complexity index is 1500. The number of fused-ring (bicyclic) bond motifs is 1. The van der Waals surface area contributed by atoms with Gasteiger partial charge in [-0.15, -0.1) is 13.2 Å². The molecular formula is C39H49N3O7. The first-order valence-electron chi connectivity index (χ1n) is 17.4. The van der Waals surface area contributed by atoms with Crippen LogP contribution in [0.4, 0.5) is 0 Å². The van der Waals surface area contributed by atoms with E-state index in [-0.39, 0.29) is 31.5 Å². The highest BCUT2D eigenvalue weighted by molar-refractivity contribution is 5.99. The van der Waals surface area contributed by atoms with Crippen LogP contribution in [0.1, 0.15) is 75.6 Å². The van der Waals surface area contributed by atoms with Crippen LogP contribution in [0.25, 0.3) is 0 Å². The number of nitrogens with one attached hydrogen (secondary N) is 1. The number of aliphatic hydroxyl groups is 1. The van der Waals surface area contributed by atoms with Gasteiger partial charge in [-0.2, -0.15) is 0 Å². The number of benzene rings is 2. The van der Waals surface area contributed by atoms with Gasteiger partial charge in [0.25, 0.3) is 0 Å². The molecule has 10 heteroatoms. The van der Waals surface area contributed by atoms with Crippen molar-refractivity contribution in [3.63, 3.8) is 0 Å². The first-order valence-corrected chi connectivity index (χ1v) is 17.4. The predicted molar refractivity (Wildman–Crippen MR) is 185 cm³/mol. The van der Waals surface area contributed by atoms with E-state index < -0.39 is 66.1 Å². The van der Waals surface area contributed by atoms with Crippen molar-refractivity contribution in [1.29, 1.82) is 0 Å². The molecule has 3 heterocycles. The topological polar surface area (TPSA) is 125 Å².